The molecule has 1 aromatic heterocycles. The van der Waals surface area contributed by atoms with E-state index in [9.17, 15) is 0 Å². The monoisotopic (exact) mass is 230 g/mol. The predicted molar refractivity (Wildman–Crippen MR) is 64.8 cm³/mol. The van der Waals surface area contributed by atoms with Gasteiger partial charge in [-0.15, -0.1) is 0 Å². The molecule has 5 heteroatoms. The third kappa shape index (κ3) is 1.74. The molecule has 0 spiro atoms. The number of rotatable bonds is 2. The summed E-state index contributed by atoms with van der Waals surface area (Å²) >= 11 is 0. The van der Waals surface area contributed by atoms with E-state index >= 15 is 0 Å². The molecule has 1 atom stereocenters. The molecule has 3 N–H and O–H groups in total. The zero-order valence-corrected chi connectivity index (χ0v) is 9.34. The number of hydrogen-bond donors (Lipinski definition) is 2. The highest BCUT2D eigenvalue weighted by atomic mass is 16.5. The fourth-order valence-electron chi connectivity index (χ4n) is 2.07. The maximum atomic E-state index is 6.22. The van der Waals surface area contributed by atoms with Gasteiger partial charge in [0, 0.05) is 6.20 Å². The Kier molecular flexibility index (Phi) is 2.45. The first kappa shape index (κ1) is 10.2. The topological polar surface area (TPSA) is 67.2 Å². The van der Waals surface area contributed by atoms with Crippen molar-refractivity contribution in [1.29, 1.82) is 0 Å². The molecule has 0 radical (unpaired) electrons. The van der Waals surface area contributed by atoms with Crippen molar-refractivity contribution < 1.29 is 4.74 Å². The third-order valence-electron chi connectivity index (χ3n) is 2.92. The lowest BCUT2D eigenvalue weighted by Crippen LogP contribution is -2.40. The van der Waals surface area contributed by atoms with E-state index in [1.807, 2.05) is 30.5 Å². The van der Waals surface area contributed by atoms with Gasteiger partial charge in [-0.2, -0.15) is 0 Å². The van der Waals surface area contributed by atoms with Gasteiger partial charge in [0.25, 0.3) is 0 Å². The number of imidazole rings is 1. The molecule has 1 aliphatic rings. The molecular weight excluding hydrogens is 216 g/mol. The van der Waals surface area contributed by atoms with Gasteiger partial charge in [-0.3, -0.25) is 0 Å². The molecule has 0 saturated carbocycles. The summed E-state index contributed by atoms with van der Waals surface area (Å²) in [6.07, 6.45) is 3.22. The normalized spacial score (nSPS) is 16.2. The Hall–Kier alpha value is -2.01. The van der Waals surface area contributed by atoms with Crippen molar-refractivity contribution in [3.63, 3.8) is 0 Å². The van der Waals surface area contributed by atoms with E-state index in [4.69, 9.17) is 10.5 Å². The van der Waals surface area contributed by atoms with Crippen LogP contribution in [0.5, 0.6) is 5.75 Å². The van der Waals surface area contributed by atoms with E-state index in [0.717, 1.165) is 23.7 Å². The highest BCUT2D eigenvalue weighted by Gasteiger charge is 2.24. The van der Waals surface area contributed by atoms with Gasteiger partial charge >= 0.3 is 0 Å². The molecule has 0 saturated heterocycles. The number of nitrogens with zero attached hydrogens (tertiary/aromatic N) is 2. The molecule has 0 aliphatic carbocycles. The highest BCUT2D eigenvalue weighted by molar-refractivity contribution is 5.60. The van der Waals surface area contributed by atoms with Gasteiger partial charge in [-0.25, -0.2) is 4.98 Å². The van der Waals surface area contributed by atoms with Gasteiger partial charge in [0.1, 0.15) is 18.5 Å². The van der Waals surface area contributed by atoms with Crippen LogP contribution in [0.4, 0.5) is 5.69 Å². The molecule has 0 bridgehead atoms. The zero-order valence-electron chi connectivity index (χ0n) is 9.34. The SMILES string of the molecule is NC(c1c[nH]cn1)N1CCOc2ccccc21. The van der Waals surface area contributed by atoms with Crippen molar-refractivity contribution in [1.82, 2.24) is 9.97 Å². The smallest absolute Gasteiger partial charge is 0.142 e. The summed E-state index contributed by atoms with van der Waals surface area (Å²) < 4.78 is 5.60. The number of fused-ring (bicyclic) bond motifs is 1. The van der Waals surface area contributed by atoms with E-state index in [1.165, 1.54) is 0 Å². The summed E-state index contributed by atoms with van der Waals surface area (Å²) in [6.45, 7) is 1.42. The van der Waals surface area contributed by atoms with Crippen LogP contribution in [0, 0.1) is 0 Å². The summed E-state index contributed by atoms with van der Waals surface area (Å²) in [5.41, 5.74) is 8.07. The molecule has 2 heterocycles. The largest absolute Gasteiger partial charge is 0.490 e. The first-order valence-electron chi connectivity index (χ1n) is 5.59. The van der Waals surface area contributed by atoms with Gasteiger partial charge < -0.3 is 20.4 Å². The van der Waals surface area contributed by atoms with Crippen LogP contribution in [-0.4, -0.2) is 23.1 Å². The van der Waals surface area contributed by atoms with E-state index in [0.29, 0.717) is 6.61 Å². The van der Waals surface area contributed by atoms with Crippen molar-refractivity contribution in [3.05, 3.63) is 42.5 Å². The van der Waals surface area contributed by atoms with Gasteiger partial charge in [-0.05, 0) is 12.1 Å². The Morgan fingerprint density at radius 3 is 3.12 bits per heavy atom. The fraction of sp³-hybridized carbons (Fsp3) is 0.250. The number of para-hydroxylation sites is 2. The van der Waals surface area contributed by atoms with Crippen molar-refractivity contribution >= 4 is 5.69 Å². The number of nitrogens with one attached hydrogen (secondary N) is 1. The van der Waals surface area contributed by atoms with Crippen LogP contribution in [-0.2, 0) is 0 Å². The molecular formula is C12H14N4O. The molecule has 3 rings (SSSR count). The second kappa shape index (κ2) is 4.10. The Bertz CT molecular complexity index is 497. The average molecular weight is 230 g/mol. The van der Waals surface area contributed by atoms with Crippen LogP contribution < -0.4 is 15.4 Å². The quantitative estimate of drug-likeness (QED) is 0.815. The second-order valence-electron chi connectivity index (χ2n) is 3.95. The fourth-order valence-corrected chi connectivity index (χ4v) is 2.07. The predicted octanol–water partition coefficient (Wildman–Crippen LogP) is 1.27. The summed E-state index contributed by atoms with van der Waals surface area (Å²) in [6, 6.07) is 7.92. The van der Waals surface area contributed by atoms with Crippen molar-refractivity contribution in [3.8, 4) is 5.75 Å². The summed E-state index contributed by atoms with van der Waals surface area (Å²) in [5.74, 6) is 0.879. The molecule has 88 valence electrons. The van der Waals surface area contributed by atoms with Crippen LogP contribution in [0.15, 0.2) is 36.8 Å². The van der Waals surface area contributed by atoms with Crippen LogP contribution in [0.25, 0.3) is 0 Å². The lowest BCUT2D eigenvalue weighted by molar-refractivity contribution is 0.300. The average Bonchev–Trinajstić information content (AvgIpc) is 2.91. The standard InChI is InChI=1S/C12H14N4O/c13-12(9-7-14-8-15-9)16-5-6-17-11-4-2-1-3-10(11)16/h1-4,7-8,12H,5-6,13H2,(H,14,15). The maximum absolute atomic E-state index is 6.22. The zero-order chi connectivity index (χ0) is 11.7. The summed E-state index contributed by atoms with van der Waals surface area (Å²) in [7, 11) is 0. The second-order valence-corrected chi connectivity index (χ2v) is 3.95. The van der Waals surface area contributed by atoms with Crippen LogP contribution in [0.2, 0.25) is 0 Å². The lowest BCUT2D eigenvalue weighted by atomic mass is 10.2. The van der Waals surface area contributed by atoms with Gasteiger partial charge in [0.15, 0.2) is 0 Å². The van der Waals surface area contributed by atoms with Crippen LogP contribution in [0.1, 0.15) is 11.9 Å². The van der Waals surface area contributed by atoms with E-state index in [-0.39, 0.29) is 6.17 Å². The highest BCUT2D eigenvalue weighted by Crippen LogP contribution is 2.34. The Morgan fingerprint density at radius 2 is 2.29 bits per heavy atom. The van der Waals surface area contributed by atoms with Crippen molar-refractivity contribution in [2.45, 2.75) is 6.17 Å². The van der Waals surface area contributed by atoms with Gasteiger partial charge in [-0.1, -0.05) is 12.1 Å². The Balaban J connectivity index is 1.95. The van der Waals surface area contributed by atoms with Crippen LogP contribution in [0.3, 0.4) is 0 Å². The summed E-state index contributed by atoms with van der Waals surface area (Å²) in [4.78, 5) is 9.23. The Morgan fingerprint density at radius 1 is 1.41 bits per heavy atom. The maximum Gasteiger partial charge on any atom is 0.142 e. The minimum atomic E-state index is -0.244. The van der Waals surface area contributed by atoms with E-state index in [2.05, 4.69) is 14.9 Å². The van der Waals surface area contributed by atoms with Crippen molar-refractivity contribution in [2.24, 2.45) is 5.73 Å². The number of benzene rings is 1. The van der Waals surface area contributed by atoms with Gasteiger partial charge in [0.2, 0.25) is 0 Å². The van der Waals surface area contributed by atoms with Gasteiger partial charge in [0.05, 0.1) is 24.3 Å². The Labute approximate surface area is 99.2 Å². The molecule has 2 aromatic rings. The number of anilines is 1. The first-order chi connectivity index (χ1) is 8.36. The molecule has 1 unspecified atom stereocenters. The molecule has 17 heavy (non-hydrogen) atoms. The van der Waals surface area contributed by atoms with Crippen molar-refractivity contribution in [2.75, 3.05) is 18.1 Å². The molecule has 5 nitrogen and oxygen atoms in total. The number of aromatic nitrogens is 2. The minimum absolute atomic E-state index is 0.244. The first-order valence-corrected chi connectivity index (χ1v) is 5.59. The molecule has 1 aliphatic heterocycles. The van der Waals surface area contributed by atoms with E-state index in [1.54, 1.807) is 6.33 Å². The minimum Gasteiger partial charge on any atom is -0.490 e. The number of ether oxygens (including phenoxy) is 1. The molecule has 1 aromatic carbocycles. The number of H-pyrrole nitrogens is 1. The van der Waals surface area contributed by atoms with Crippen LogP contribution >= 0.6 is 0 Å². The number of aromatic amines is 1. The number of nitrogens with two attached hydrogens (primary N) is 1. The lowest BCUT2D eigenvalue weighted by Gasteiger charge is -2.34. The van der Waals surface area contributed by atoms with E-state index < -0.39 is 0 Å². The molecule has 0 fully saturated rings. The number of hydrogen-bond acceptors (Lipinski definition) is 4. The summed E-state index contributed by atoms with van der Waals surface area (Å²) in [5, 5.41) is 0. The molecule has 0 amide bonds. The third-order valence-corrected chi connectivity index (χ3v) is 2.92.